The summed E-state index contributed by atoms with van der Waals surface area (Å²) in [5.74, 6) is -0.977. The van der Waals surface area contributed by atoms with Crippen LogP contribution in [0.1, 0.15) is 38.8 Å². The maximum Gasteiger partial charge on any atom is 0.303 e. The lowest BCUT2D eigenvalue weighted by atomic mass is 10.2. The molecule has 2 aromatic rings. The van der Waals surface area contributed by atoms with Crippen LogP contribution in [0, 0.1) is 6.92 Å². The van der Waals surface area contributed by atoms with Crippen molar-refractivity contribution in [3.05, 3.63) is 51.5 Å². The summed E-state index contributed by atoms with van der Waals surface area (Å²) in [5.41, 5.74) is 1.68. The van der Waals surface area contributed by atoms with Gasteiger partial charge >= 0.3 is 5.97 Å². The van der Waals surface area contributed by atoms with E-state index in [0.717, 1.165) is 10.6 Å². The van der Waals surface area contributed by atoms with Gasteiger partial charge in [-0.3, -0.25) is 9.59 Å². The van der Waals surface area contributed by atoms with Gasteiger partial charge in [-0.25, -0.2) is 4.98 Å². The second-order valence-corrected chi connectivity index (χ2v) is 6.75. The molecule has 0 aliphatic rings. The smallest absolute Gasteiger partial charge is 0.303 e. The highest BCUT2D eigenvalue weighted by Crippen LogP contribution is 2.22. The fourth-order valence-electron chi connectivity index (χ4n) is 2.46. The monoisotopic (exact) mass is 362 g/mol. The first kappa shape index (κ1) is 19.1. The van der Waals surface area contributed by atoms with Crippen molar-refractivity contribution in [3.63, 3.8) is 0 Å². The normalized spacial score (nSPS) is 10.6. The van der Waals surface area contributed by atoms with Crippen LogP contribution in [-0.2, 0) is 22.7 Å². The Balaban J connectivity index is 2.17. The Morgan fingerprint density at radius 3 is 2.64 bits per heavy atom. The Hall–Kier alpha value is -2.25. The Labute approximate surface area is 151 Å². The largest absolute Gasteiger partial charge is 0.481 e. The second-order valence-electron chi connectivity index (χ2n) is 5.66. The van der Waals surface area contributed by atoms with Crippen molar-refractivity contribution in [2.75, 3.05) is 13.7 Å². The van der Waals surface area contributed by atoms with E-state index in [1.165, 1.54) is 11.3 Å². The number of benzene rings is 1. The summed E-state index contributed by atoms with van der Waals surface area (Å²) in [6.45, 7) is 3.00. The number of carbonyl (C=O) groups excluding carboxylic acids is 1. The van der Waals surface area contributed by atoms with Crippen molar-refractivity contribution in [3.8, 4) is 0 Å². The van der Waals surface area contributed by atoms with Crippen LogP contribution in [0.3, 0.4) is 0 Å². The molecule has 0 bridgehead atoms. The SMILES string of the molecule is COCc1nc(C)c(C(=O)N(CCCC(=O)O)Cc2ccccc2)s1. The molecule has 0 saturated carbocycles. The topological polar surface area (TPSA) is 79.7 Å². The van der Waals surface area contributed by atoms with Crippen molar-refractivity contribution in [2.24, 2.45) is 0 Å². The predicted molar refractivity (Wildman–Crippen MR) is 95.6 cm³/mol. The number of carboxylic acids is 1. The molecule has 1 amide bonds. The minimum absolute atomic E-state index is 0.0369. The van der Waals surface area contributed by atoms with Gasteiger partial charge in [-0.2, -0.15) is 0 Å². The number of carbonyl (C=O) groups is 2. The van der Waals surface area contributed by atoms with Gasteiger partial charge in [-0.15, -0.1) is 11.3 Å². The molecule has 1 heterocycles. The zero-order valence-electron chi connectivity index (χ0n) is 14.4. The second kappa shape index (κ2) is 9.29. The zero-order chi connectivity index (χ0) is 18.2. The maximum absolute atomic E-state index is 13.0. The number of hydrogen-bond acceptors (Lipinski definition) is 5. The molecule has 1 aromatic heterocycles. The van der Waals surface area contributed by atoms with Crippen LogP contribution < -0.4 is 0 Å². The molecule has 0 radical (unpaired) electrons. The van der Waals surface area contributed by atoms with E-state index in [1.54, 1.807) is 18.9 Å². The van der Waals surface area contributed by atoms with E-state index in [4.69, 9.17) is 9.84 Å². The van der Waals surface area contributed by atoms with Crippen molar-refractivity contribution in [2.45, 2.75) is 32.9 Å². The molecule has 2 rings (SSSR count). The van der Waals surface area contributed by atoms with Crippen molar-refractivity contribution < 1.29 is 19.4 Å². The third-order valence-electron chi connectivity index (χ3n) is 3.63. The first-order valence-electron chi connectivity index (χ1n) is 8.01. The van der Waals surface area contributed by atoms with E-state index in [0.29, 0.717) is 36.7 Å². The Kier molecular flexibility index (Phi) is 7.09. The molecule has 0 spiro atoms. The number of methoxy groups -OCH3 is 1. The predicted octanol–water partition coefficient (Wildman–Crippen LogP) is 3.11. The van der Waals surface area contributed by atoms with Gasteiger partial charge in [0.1, 0.15) is 9.88 Å². The van der Waals surface area contributed by atoms with Gasteiger partial charge in [0.25, 0.3) is 5.91 Å². The lowest BCUT2D eigenvalue weighted by Crippen LogP contribution is -2.31. The van der Waals surface area contributed by atoms with E-state index in [-0.39, 0.29) is 12.3 Å². The highest BCUT2D eigenvalue weighted by Gasteiger charge is 2.22. The molecule has 6 nitrogen and oxygen atoms in total. The number of amides is 1. The molecule has 1 aromatic carbocycles. The quantitative estimate of drug-likeness (QED) is 0.741. The van der Waals surface area contributed by atoms with E-state index in [1.807, 2.05) is 30.3 Å². The number of aromatic nitrogens is 1. The van der Waals surface area contributed by atoms with Crippen LogP contribution in [0.2, 0.25) is 0 Å². The van der Waals surface area contributed by atoms with Crippen LogP contribution in [-0.4, -0.2) is 40.5 Å². The lowest BCUT2D eigenvalue weighted by molar-refractivity contribution is -0.137. The van der Waals surface area contributed by atoms with E-state index < -0.39 is 5.97 Å². The van der Waals surface area contributed by atoms with Gasteiger partial charge in [0, 0.05) is 26.6 Å². The molecule has 0 atom stereocenters. The van der Waals surface area contributed by atoms with E-state index in [9.17, 15) is 9.59 Å². The standard InChI is InChI=1S/C18H22N2O4S/c1-13-17(25-15(19-13)12-24-2)18(23)20(10-6-9-16(21)22)11-14-7-4-3-5-8-14/h3-5,7-8H,6,9-12H2,1-2H3,(H,21,22). The van der Waals surface area contributed by atoms with E-state index >= 15 is 0 Å². The summed E-state index contributed by atoms with van der Waals surface area (Å²) < 4.78 is 5.08. The number of aliphatic carboxylic acids is 1. The summed E-state index contributed by atoms with van der Waals surface area (Å²) in [6.07, 6.45) is 0.450. The van der Waals surface area contributed by atoms with Gasteiger partial charge in [0.2, 0.25) is 0 Å². The number of rotatable bonds is 9. The van der Waals surface area contributed by atoms with Crippen molar-refractivity contribution in [1.29, 1.82) is 0 Å². The molecule has 0 fully saturated rings. The summed E-state index contributed by atoms with van der Waals surface area (Å²) in [4.78, 5) is 30.4. The third-order valence-corrected chi connectivity index (χ3v) is 4.74. The summed E-state index contributed by atoms with van der Waals surface area (Å²) >= 11 is 1.33. The Morgan fingerprint density at radius 2 is 2.00 bits per heavy atom. The summed E-state index contributed by atoms with van der Waals surface area (Å²) in [5, 5.41) is 9.61. The first-order valence-corrected chi connectivity index (χ1v) is 8.83. The van der Waals surface area contributed by atoms with Gasteiger partial charge < -0.3 is 14.7 Å². The average Bonchev–Trinajstić information content (AvgIpc) is 2.95. The number of nitrogens with zero attached hydrogens (tertiary/aromatic N) is 2. The molecular formula is C18H22N2O4S. The minimum Gasteiger partial charge on any atom is -0.481 e. The summed E-state index contributed by atoms with van der Waals surface area (Å²) in [6, 6.07) is 9.67. The van der Waals surface area contributed by atoms with Gasteiger partial charge in [0.15, 0.2) is 0 Å². The maximum atomic E-state index is 13.0. The fraction of sp³-hybridized carbons (Fsp3) is 0.389. The fourth-order valence-corrected chi connectivity index (χ4v) is 3.46. The Morgan fingerprint density at radius 1 is 1.28 bits per heavy atom. The van der Waals surface area contributed by atoms with E-state index in [2.05, 4.69) is 4.98 Å². The number of aryl methyl sites for hydroxylation is 1. The molecule has 134 valence electrons. The van der Waals surface area contributed by atoms with Crippen molar-refractivity contribution >= 4 is 23.2 Å². The molecule has 0 unspecified atom stereocenters. The minimum atomic E-state index is -0.858. The van der Waals surface area contributed by atoms with Crippen LogP contribution in [0.4, 0.5) is 0 Å². The highest BCUT2D eigenvalue weighted by molar-refractivity contribution is 7.13. The number of hydrogen-bond donors (Lipinski definition) is 1. The molecule has 25 heavy (non-hydrogen) atoms. The molecular weight excluding hydrogens is 340 g/mol. The molecule has 0 aliphatic carbocycles. The molecule has 1 N–H and O–H groups in total. The Bertz CT molecular complexity index is 715. The third kappa shape index (κ3) is 5.65. The van der Waals surface area contributed by atoms with Crippen LogP contribution in [0.15, 0.2) is 30.3 Å². The van der Waals surface area contributed by atoms with Gasteiger partial charge in [0.05, 0.1) is 12.3 Å². The van der Waals surface area contributed by atoms with Crippen LogP contribution >= 0.6 is 11.3 Å². The average molecular weight is 362 g/mol. The summed E-state index contributed by atoms with van der Waals surface area (Å²) in [7, 11) is 1.59. The number of ether oxygens (including phenoxy) is 1. The van der Waals surface area contributed by atoms with Gasteiger partial charge in [-0.1, -0.05) is 30.3 Å². The molecule has 7 heteroatoms. The highest BCUT2D eigenvalue weighted by atomic mass is 32.1. The number of thiazole rings is 1. The molecule has 0 aliphatic heterocycles. The number of carboxylic acid groups (broad SMARTS) is 1. The lowest BCUT2D eigenvalue weighted by Gasteiger charge is -2.22. The van der Waals surface area contributed by atoms with Crippen LogP contribution in [0.25, 0.3) is 0 Å². The zero-order valence-corrected chi connectivity index (χ0v) is 15.2. The molecule has 0 saturated heterocycles. The van der Waals surface area contributed by atoms with Gasteiger partial charge in [-0.05, 0) is 18.9 Å². The van der Waals surface area contributed by atoms with Crippen LogP contribution in [0.5, 0.6) is 0 Å². The van der Waals surface area contributed by atoms with Crippen molar-refractivity contribution in [1.82, 2.24) is 9.88 Å². The first-order chi connectivity index (χ1) is 12.0.